The molecule has 0 unspecified atom stereocenters. The van der Waals surface area contributed by atoms with E-state index in [0.29, 0.717) is 27.9 Å². The molecule has 1 amide bonds. The monoisotopic (exact) mass is 394 g/mol. The van der Waals surface area contributed by atoms with Crippen molar-refractivity contribution in [2.75, 3.05) is 18.9 Å². The lowest BCUT2D eigenvalue weighted by molar-refractivity contribution is -0.122. The van der Waals surface area contributed by atoms with Gasteiger partial charge in [-0.3, -0.25) is 4.79 Å². The van der Waals surface area contributed by atoms with Crippen LogP contribution in [0.25, 0.3) is 0 Å². The van der Waals surface area contributed by atoms with E-state index in [4.69, 9.17) is 33.2 Å². The standard InChI is InChI=1S/C18H16Cl2N2O2S/c19-15-7-16(20)9-17(8-15)24-11-18(23)22-5-6-25-12-14-4-2-1-3-13(14)10-21/h1-4,7-9H,5-6,11-12H2,(H,22,23). The fourth-order valence-electron chi connectivity index (χ4n) is 2.01. The fourth-order valence-corrected chi connectivity index (χ4v) is 3.38. The number of thioether (sulfide) groups is 1. The normalized spacial score (nSPS) is 10.1. The molecule has 0 fully saturated rings. The van der Waals surface area contributed by atoms with Gasteiger partial charge in [-0.05, 0) is 29.8 Å². The average molecular weight is 395 g/mol. The molecule has 0 saturated carbocycles. The third-order valence-electron chi connectivity index (χ3n) is 3.17. The number of ether oxygens (including phenoxy) is 1. The van der Waals surface area contributed by atoms with E-state index in [1.807, 2.05) is 18.2 Å². The molecule has 2 aromatic carbocycles. The maximum atomic E-state index is 11.8. The van der Waals surface area contributed by atoms with Crippen molar-refractivity contribution >= 4 is 40.9 Å². The van der Waals surface area contributed by atoms with Crippen molar-refractivity contribution in [3.8, 4) is 11.8 Å². The van der Waals surface area contributed by atoms with Crippen LogP contribution in [0.2, 0.25) is 10.0 Å². The Kier molecular flexibility index (Phi) is 7.93. The number of carbonyl (C=O) groups excluding carboxylic acids is 1. The van der Waals surface area contributed by atoms with Gasteiger partial charge in [0.25, 0.3) is 5.91 Å². The molecule has 0 saturated heterocycles. The number of nitrogens with zero attached hydrogens (tertiary/aromatic N) is 1. The second kappa shape index (κ2) is 10.2. The number of amides is 1. The molecule has 2 rings (SSSR count). The maximum absolute atomic E-state index is 11.8. The van der Waals surface area contributed by atoms with Crippen LogP contribution in [0.1, 0.15) is 11.1 Å². The predicted molar refractivity (Wildman–Crippen MR) is 102 cm³/mol. The molecule has 0 aliphatic heterocycles. The summed E-state index contributed by atoms with van der Waals surface area (Å²) < 4.78 is 5.36. The molecule has 25 heavy (non-hydrogen) atoms. The predicted octanol–water partition coefficient (Wildman–Crippen LogP) is 4.29. The maximum Gasteiger partial charge on any atom is 0.257 e. The Morgan fingerprint density at radius 3 is 2.64 bits per heavy atom. The highest BCUT2D eigenvalue weighted by atomic mass is 35.5. The van der Waals surface area contributed by atoms with Crippen LogP contribution in [0, 0.1) is 11.3 Å². The van der Waals surface area contributed by atoms with E-state index >= 15 is 0 Å². The number of carbonyl (C=O) groups is 1. The molecule has 4 nitrogen and oxygen atoms in total. The summed E-state index contributed by atoms with van der Waals surface area (Å²) in [4.78, 5) is 11.8. The van der Waals surface area contributed by atoms with Gasteiger partial charge in [0.15, 0.2) is 6.61 Å². The molecular formula is C18H16Cl2N2O2S. The number of nitriles is 1. The smallest absolute Gasteiger partial charge is 0.257 e. The highest BCUT2D eigenvalue weighted by Crippen LogP contribution is 2.24. The van der Waals surface area contributed by atoms with Gasteiger partial charge in [0.05, 0.1) is 11.6 Å². The third-order valence-corrected chi connectivity index (χ3v) is 4.61. The van der Waals surface area contributed by atoms with Gasteiger partial charge in [-0.1, -0.05) is 41.4 Å². The van der Waals surface area contributed by atoms with E-state index in [1.54, 1.807) is 36.0 Å². The van der Waals surface area contributed by atoms with Gasteiger partial charge in [-0.15, -0.1) is 0 Å². The van der Waals surface area contributed by atoms with Crippen LogP contribution in [0.15, 0.2) is 42.5 Å². The quantitative estimate of drug-likeness (QED) is 0.678. The molecule has 1 N–H and O–H groups in total. The zero-order chi connectivity index (χ0) is 18.1. The minimum Gasteiger partial charge on any atom is -0.484 e. The van der Waals surface area contributed by atoms with Gasteiger partial charge in [0.2, 0.25) is 0 Å². The zero-order valence-corrected chi connectivity index (χ0v) is 15.6. The van der Waals surface area contributed by atoms with Gasteiger partial charge in [-0.2, -0.15) is 17.0 Å². The number of nitrogens with one attached hydrogen (secondary N) is 1. The van der Waals surface area contributed by atoms with Crippen LogP contribution in [0.5, 0.6) is 5.75 Å². The summed E-state index contributed by atoms with van der Waals surface area (Å²) in [6.45, 7) is 0.427. The minimum absolute atomic E-state index is 0.0986. The first-order valence-electron chi connectivity index (χ1n) is 7.50. The van der Waals surface area contributed by atoms with Crippen LogP contribution in [0.3, 0.4) is 0 Å². The molecule has 0 radical (unpaired) electrons. The Morgan fingerprint density at radius 1 is 1.20 bits per heavy atom. The molecule has 7 heteroatoms. The average Bonchev–Trinajstić information content (AvgIpc) is 2.59. The van der Waals surface area contributed by atoms with Crippen LogP contribution in [0.4, 0.5) is 0 Å². The first kappa shape index (κ1) is 19.5. The molecule has 2 aromatic rings. The highest BCUT2D eigenvalue weighted by Gasteiger charge is 2.05. The topological polar surface area (TPSA) is 62.1 Å². The first-order chi connectivity index (χ1) is 12.1. The molecule has 0 aliphatic rings. The Morgan fingerprint density at radius 2 is 1.92 bits per heavy atom. The summed E-state index contributed by atoms with van der Waals surface area (Å²) in [5.41, 5.74) is 1.69. The SMILES string of the molecule is N#Cc1ccccc1CSCCNC(=O)COc1cc(Cl)cc(Cl)c1. The highest BCUT2D eigenvalue weighted by molar-refractivity contribution is 7.98. The Bertz CT molecular complexity index is 758. The summed E-state index contributed by atoms with van der Waals surface area (Å²) in [5, 5.41) is 12.7. The minimum atomic E-state index is -0.214. The van der Waals surface area contributed by atoms with Crippen LogP contribution in [-0.4, -0.2) is 24.8 Å². The van der Waals surface area contributed by atoms with Gasteiger partial charge in [0, 0.05) is 28.1 Å². The van der Waals surface area contributed by atoms with E-state index < -0.39 is 0 Å². The van der Waals surface area contributed by atoms with Crippen molar-refractivity contribution in [3.63, 3.8) is 0 Å². The molecule has 0 bridgehead atoms. The molecule has 130 valence electrons. The summed E-state index contributed by atoms with van der Waals surface area (Å²) in [5.74, 6) is 1.72. The van der Waals surface area contributed by atoms with E-state index in [0.717, 1.165) is 17.1 Å². The molecule has 0 heterocycles. The number of hydrogen-bond acceptors (Lipinski definition) is 4. The number of benzene rings is 2. The van der Waals surface area contributed by atoms with Crippen molar-refractivity contribution in [1.82, 2.24) is 5.32 Å². The van der Waals surface area contributed by atoms with E-state index in [2.05, 4.69) is 11.4 Å². The van der Waals surface area contributed by atoms with E-state index in [1.165, 1.54) is 0 Å². The fraction of sp³-hybridized carbons (Fsp3) is 0.222. The molecule has 0 spiro atoms. The van der Waals surface area contributed by atoms with E-state index in [-0.39, 0.29) is 12.5 Å². The zero-order valence-electron chi connectivity index (χ0n) is 13.3. The van der Waals surface area contributed by atoms with Gasteiger partial charge in [-0.25, -0.2) is 0 Å². The lowest BCUT2D eigenvalue weighted by Crippen LogP contribution is -2.30. The summed E-state index contributed by atoms with van der Waals surface area (Å²) >= 11 is 13.4. The number of rotatable bonds is 8. The van der Waals surface area contributed by atoms with Gasteiger partial charge >= 0.3 is 0 Å². The Hall–Kier alpha value is -1.87. The van der Waals surface area contributed by atoms with Crippen LogP contribution >= 0.6 is 35.0 Å². The second-order valence-corrected chi connectivity index (χ2v) is 7.04. The molecule has 0 aromatic heterocycles. The van der Waals surface area contributed by atoms with Gasteiger partial charge < -0.3 is 10.1 Å². The third kappa shape index (κ3) is 6.87. The first-order valence-corrected chi connectivity index (χ1v) is 9.41. The second-order valence-electron chi connectivity index (χ2n) is 5.07. The van der Waals surface area contributed by atoms with E-state index in [9.17, 15) is 4.79 Å². The summed E-state index contributed by atoms with van der Waals surface area (Å²) in [7, 11) is 0. The largest absolute Gasteiger partial charge is 0.484 e. The number of hydrogen-bond donors (Lipinski definition) is 1. The van der Waals surface area contributed by atoms with Crippen molar-refractivity contribution in [3.05, 3.63) is 63.6 Å². The van der Waals surface area contributed by atoms with Crippen molar-refractivity contribution < 1.29 is 9.53 Å². The lowest BCUT2D eigenvalue weighted by atomic mass is 10.1. The Balaban J connectivity index is 1.65. The molecular weight excluding hydrogens is 379 g/mol. The van der Waals surface area contributed by atoms with Crippen LogP contribution < -0.4 is 10.1 Å². The van der Waals surface area contributed by atoms with Crippen molar-refractivity contribution in [2.24, 2.45) is 0 Å². The van der Waals surface area contributed by atoms with Crippen LogP contribution in [-0.2, 0) is 10.5 Å². The van der Waals surface area contributed by atoms with Crippen molar-refractivity contribution in [2.45, 2.75) is 5.75 Å². The number of halogens is 2. The summed E-state index contributed by atoms with van der Waals surface area (Å²) in [6.07, 6.45) is 0. The summed E-state index contributed by atoms with van der Waals surface area (Å²) in [6, 6.07) is 14.5. The van der Waals surface area contributed by atoms with Gasteiger partial charge in [0.1, 0.15) is 5.75 Å². The lowest BCUT2D eigenvalue weighted by Gasteiger charge is -2.08. The molecule has 0 atom stereocenters. The Labute approximate surface area is 161 Å². The van der Waals surface area contributed by atoms with Crippen molar-refractivity contribution in [1.29, 1.82) is 5.26 Å². The molecule has 0 aliphatic carbocycles.